The van der Waals surface area contributed by atoms with Crippen molar-refractivity contribution in [2.75, 3.05) is 13.2 Å². The van der Waals surface area contributed by atoms with Crippen molar-refractivity contribution in [3.63, 3.8) is 0 Å². The Hall–Kier alpha value is -1.95. The van der Waals surface area contributed by atoms with E-state index in [2.05, 4.69) is 12.2 Å². The van der Waals surface area contributed by atoms with Crippen LogP contribution in [0, 0.1) is 23.0 Å². The molecule has 0 aromatic heterocycles. The zero-order valence-electron chi connectivity index (χ0n) is 12.5. The summed E-state index contributed by atoms with van der Waals surface area (Å²) in [5.41, 5.74) is 0.886. The van der Waals surface area contributed by atoms with E-state index in [9.17, 15) is 14.9 Å². The Kier molecular flexibility index (Phi) is 6.81. The molecule has 0 saturated heterocycles. The van der Waals surface area contributed by atoms with Gasteiger partial charge in [-0.1, -0.05) is 13.3 Å². The van der Waals surface area contributed by atoms with Gasteiger partial charge in [-0.25, -0.2) is 0 Å². The molecule has 0 aliphatic carbocycles. The molecule has 6 nitrogen and oxygen atoms in total. The summed E-state index contributed by atoms with van der Waals surface area (Å²) < 4.78 is 0. The van der Waals surface area contributed by atoms with Crippen molar-refractivity contribution in [2.24, 2.45) is 5.92 Å². The molecule has 1 unspecified atom stereocenters. The normalized spacial score (nSPS) is 12.0. The number of amides is 1. The predicted molar refractivity (Wildman–Crippen MR) is 80.3 cm³/mol. The number of nitrogens with zero attached hydrogens (tertiary/aromatic N) is 1. The molecule has 0 spiro atoms. The molecule has 0 aliphatic heterocycles. The van der Waals surface area contributed by atoms with E-state index in [0.29, 0.717) is 24.1 Å². The first kappa shape index (κ1) is 17.1. The maximum Gasteiger partial charge on any atom is 0.270 e. The molecule has 116 valence electrons. The third-order valence-corrected chi connectivity index (χ3v) is 3.32. The van der Waals surface area contributed by atoms with E-state index in [1.807, 2.05) is 0 Å². The number of aliphatic hydroxyl groups excluding tert-OH is 1. The van der Waals surface area contributed by atoms with E-state index in [1.165, 1.54) is 12.1 Å². The van der Waals surface area contributed by atoms with Gasteiger partial charge in [0.15, 0.2) is 0 Å². The Bertz CT molecular complexity index is 496. The molecule has 0 fully saturated rings. The average Bonchev–Trinajstić information content (AvgIpc) is 2.44. The van der Waals surface area contributed by atoms with E-state index in [1.54, 1.807) is 13.0 Å². The molecule has 1 rings (SSSR count). The first-order chi connectivity index (χ1) is 9.97. The van der Waals surface area contributed by atoms with Gasteiger partial charge in [0.05, 0.1) is 4.92 Å². The number of nitro groups is 1. The summed E-state index contributed by atoms with van der Waals surface area (Å²) in [5, 5.41) is 22.6. The summed E-state index contributed by atoms with van der Waals surface area (Å²) in [5.74, 6) is -0.0930. The lowest BCUT2D eigenvalue weighted by molar-refractivity contribution is -0.384. The third-order valence-electron chi connectivity index (χ3n) is 3.32. The molecule has 2 N–H and O–H groups in total. The van der Waals surface area contributed by atoms with Crippen molar-refractivity contribution >= 4 is 11.6 Å². The van der Waals surface area contributed by atoms with E-state index in [-0.39, 0.29) is 24.1 Å². The first-order valence-corrected chi connectivity index (χ1v) is 7.13. The van der Waals surface area contributed by atoms with Crippen molar-refractivity contribution in [1.82, 2.24) is 5.32 Å². The molecule has 0 bridgehead atoms. The molecule has 0 heterocycles. The average molecular weight is 294 g/mol. The highest BCUT2D eigenvalue weighted by molar-refractivity contribution is 5.95. The van der Waals surface area contributed by atoms with Gasteiger partial charge in [-0.05, 0) is 37.3 Å². The minimum atomic E-state index is -0.505. The highest BCUT2D eigenvalue weighted by Gasteiger charge is 2.15. The van der Waals surface area contributed by atoms with Gasteiger partial charge in [0, 0.05) is 30.8 Å². The largest absolute Gasteiger partial charge is 0.396 e. The summed E-state index contributed by atoms with van der Waals surface area (Å²) >= 11 is 0. The van der Waals surface area contributed by atoms with Gasteiger partial charge in [0.1, 0.15) is 0 Å². The topological polar surface area (TPSA) is 92.5 Å². The molecule has 1 atom stereocenters. The molecular weight excluding hydrogens is 272 g/mol. The number of hydrogen-bond acceptors (Lipinski definition) is 4. The number of rotatable bonds is 8. The van der Waals surface area contributed by atoms with Crippen LogP contribution in [0.1, 0.15) is 42.1 Å². The monoisotopic (exact) mass is 294 g/mol. The zero-order chi connectivity index (χ0) is 15.8. The Balaban J connectivity index is 2.72. The Morgan fingerprint density at radius 3 is 2.67 bits per heavy atom. The van der Waals surface area contributed by atoms with E-state index in [4.69, 9.17) is 5.11 Å². The minimum Gasteiger partial charge on any atom is -0.396 e. The highest BCUT2D eigenvalue weighted by atomic mass is 16.6. The van der Waals surface area contributed by atoms with Crippen LogP contribution >= 0.6 is 0 Å². The van der Waals surface area contributed by atoms with Gasteiger partial charge in [0.25, 0.3) is 11.6 Å². The highest BCUT2D eigenvalue weighted by Crippen LogP contribution is 2.17. The standard InChI is InChI=1S/C15H22N2O4/c1-3-4-12(5-6-18)10-16-15(19)13-7-11(2)8-14(9-13)17(20)21/h7-9,12,18H,3-6,10H2,1-2H3,(H,16,19). The summed E-state index contributed by atoms with van der Waals surface area (Å²) in [7, 11) is 0. The van der Waals surface area contributed by atoms with Crippen molar-refractivity contribution in [1.29, 1.82) is 0 Å². The lowest BCUT2D eigenvalue weighted by atomic mass is 10.00. The fourth-order valence-corrected chi connectivity index (χ4v) is 2.28. The van der Waals surface area contributed by atoms with Crippen LogP contribution in [0.15, 0.2) is 18.2 Å². The fraction of sp³-hybridized carbons (Fsp3) is 0.533. The first-order valence-electron chi connectivity index (χ1n) is 7.13. The van der Waals surface area contributed by atoms with Gasteiger partial charge in [-0.3, -0.25) is 14.9 Å². The summed E-state index contributed by atoms with van der Waals surface area (Å²) in [4.78, 5) is 22.4. The van der Waals surface area contributed by atoms with Gasteiger partial charge >= 0.3 is 0 Å². The summed E-state index contributed by atoms with van der Waals surface area (Å²) in [6.07, 6.45) is 2.55. The Morgan fingerprint density at radius 1 is 1.38 bits per heavy atom. The molecule has 0 radical (unpaired) electrons. The van der Waals surface area contributed by atoms with Gasteiger partial charge in [0.2, 0.25) is 0 Å². The summed E-state index contributed by atoms with van der Waals surface area (Å²) in [6, 6.07) is 4.34. The maximum atomic E-state index is 12.1. The number of carbonyl (C=O) groups excluding carboxylic acids is 1. The molecular formula is C15H22N2O4. The summed E-state index contributed by atoms with van der Waals surface area (Å²) in [6.45, 7) is 4.33. The lowest BCUT2D eigenvalue weighted by Gasteiger charge is -2.15. The second kappa shape index (κ2) is 8.36. The number of aryl methyl sites for hydroxylation is 1. The molecule has 21 heavy (non-hydrogen) atoms. The van der Waals surface area contributed by atoms with Crippen LogP contribution < -0.4 is 5.32 Å². The van der Waals surface area contributed by atoms with Crippen LogP contribution in [0.3, 0.4) is 0 Å². The Morgan fingerprint density at radius 2 is 2.10 bits per heavy atom. The van der Waals surface area contributed by atoms with Crippen LogP contribution in [-0.2, 0) is 0 Å². The van der Waals surface area contributed by atoms with Crippen molar-refractivity contribution in [3.8, 4) is 0 Å². The smallest absolute Gasteiger partial charge is 0.270 e. The lowest BCUT2D eigenvalue weighted by Crippen LogP contribution is -2.29. The number of carbonyl (C=O) groups is 1. The molecule has 1 aromatic carbocycles. The Labute approximate surface area is 124 Å². The molecule has 1 aromatic rings. The van der Waals surface area contributed by atoms with Crippen LogP contribution in [0.2, 0.25) is 0 Å². The predicted octanol–water partition coefficient (Wildman–Crippen LogP) is 2.43. The van der Waals surface area contributed by atoms with E-state index < -0.39 is 4.92 Å². The van der Waals surface area contributed by atoms with Crippen LogP contribution in [0.4, 0.5) is 5.69 Å². The quantitative estimate of drug-likeness (QED) is 0.569. The third kappa shape index (κ3) is 5.51. The second-order valence-corrected chi connectivity index (χ2v) is 5.19. The molecule has 1 amide bonds. The number of nitro benzene ring substituents is 1. The number of nitrogens with one attached hydrogen (secondary N) is 1. The van der Waals surface area contributed by atoms with Gasteiger partial charge in [-0.15, -0.1) is 0 Å². The fourth-order valence-electron chi connectivity index (χ4n) is 2.28. The second-order valence-electron chi connectivity index (χ2n) is 5.19. The minimum absolute atomic E-state index is 0.0828. The van der Waals surface area contributed by atoms with E-state index >= 15 is 0 Å². The molecule has 0 aliphatic rings. The number of aliphatic hydroxyl groups is 1. The van der Waals surface area contributed by atoms with Crippen LogP contribution in [0.25, 0.3) is 0 Å². The zero-order valence-corrected chi connectivity index (χ0v) is 12.5. The number of non-ortho nitro benzene ring substituents is 1. The van der Waals surface area contributed by atoms with Crippen molar-refractivity contribution in [2.45, 2.75) is 33.1 Å². The molecule has 0 saturated carbocycles. The van der Waals surface area contributed by atoms with E-state index in [0.717, 1.165) is 12.8 Å². The van der Waals surface area contributed by atoms with Gasteiger partial charge in [-0.2, -0.15) is 0 Å². The maximum absolute atomic E-state index is 12.1. The van der Waals surface area contributed by atoms with Crippen LogP contribution in [0.5, 0.6) is 0 Å². The molecule has 6 heteroatoms. The van der Waals surface area contributed by atoms with Crippen LogP contribution in [-0.4, -0.2) is 29.1 Å². The number of hydrogen-bond donors (Lipinski definition) is 2. The number of benzene rings is 1. The van der Waals surface area contributed by atoms with Gasteiger partial charge < -0.3 is 10.4 Å². The SMILES string of the molecule is CCCC(CCO)CNC(=O)c1cc(C)cc([N+](=O)[O-])c1. The van der Waals surface area contributed by atoms with Crippen molar-refractivity contribution < 1.29 is 14.8 Å². The van der Waals surface area contributed by atoms with Crippen molar-refractivity contribution in [3.05, 3.63) is 39.4 Å².